The molecule has 0 aliphatic carbocycles. The summed E-state index contributed by atoms with van der Waals surface area (Å²) < 4.78 is 5.78. The van der Waals surface area contributed by atoms with Crippen molar-refractivity contribution in [3.63, 3.8) is 0 Å². The molecule has 1 fully saturated rings. The monoisotopic (exact) mass is 454 g/mol. The van der Waals surface area contributed by atoms with Crippen LogP contribution in [0.25, 0.3) is 17.4 Å². The highest BCUT2D eigenvalue weighted by Crippen LogP contribution is 2.35. The molecule has 1 saturated heterocycles. The predicted molar refractivity (Wildman–Crippen MR) is 117 cm³/mol. The first kappa shape index (κ1) is 20.3. The molecular weight excluding hydrogens is 443 g/mol. The third-order valence-corrected chi connectivity index (χ3v) is 5.92. The fourth-order valence-corrected chi connectivity index (χ4v) is 4.24. The van der Waals surface area contributed by atoms with Gasteiger partial charge in [0.25, 0.3) is 11.1 Å². The third kappa shape index (κ3) is 4.01. The van der Waals surface area contributed by atoms with Crippen molar-refractivity contribution in [3.05, 3.63) is 86.4 Å². The van der Waals surface area contributed by atoms with Crippen LogP contribution in [0.2, 0.25) is 10.0 Å². The quantitative estimate of drug-likeness (QED) is 0.428. The van der Waals surface area contributed by atoms with Gasteiger partial charge in [-0.3, -0.25) is 14.5 Å². The van der Waals surface area contributed by atoms with E-state index >= 15 is 0 Å². The van der Waals surface area contributed by atoms with Crippen LogP contribution in [0.15, 0.2) is 63.9 Å². The Morgan fingerprint density at radius 3 is 2.67 bits per heavy atom. The smallest absolute Gasteiger partial charge is 0.293 e. The van der Waals surface area contributed by atoms with E-state index in [0.717, 1.165) is 16.7 Å². The van der Waals surface area contributed by atoms with Gasteiger partial charge in [-0.25, -0.2) is 0 Å². The molecule has 0 unspecified atom stereocenters. The molecule has 2 aromatic carbocycles. The van der Waals surface area contributed by atoms with E-state index in [4.69, 9.17) is 27.6 Å². The van der Waals surface area contributed by atoms with E-state index in [-0.39, 0.29) is 16.7 Å². The average Bonchev–Trinajstić information content (AvgIpc) is 3.30. The van der Waals surface area contributed by atoms with Crippen LogP contribution in [0.4, 0.5) is 4.79 Å². The lowest BCUT2D eigenvalue weighted by atomic mass is 10.1. The number of thioether (sulfide) groups is 1. The van der Waals surface area contributed by atoms with E-state index in [2.05, 4.69) is 6.07 Å². The normalized spacial score (nSPS) is 15.1. The number of benzene rings is 2. The van der Waals surface area contributed by atoms with Crippen molar-refractivity contribution >= 4 is 52.2 Å². The van der Waals surface area contributed by atoms with E-state index in [0.29, 0.717) is 38.3 Å². The minimum atomic E-state index is -0.425. The molecule has 1 aliphatic rings. The van der Waals surface area contributed by atoms with Gasteiger partial charge in [0.1, 0.15) is 11.5 Å². The van der Waals surface area contributed by atoms with Crippen LogP contribution in [-0.4, -0.2) is 16.0 Å². The number of hydrogen-bond acceptors (Lipinski definition) is 5. The van der Waals surface area contributed by atoms with Gasteiger partial charge in [0.05, 0.1) is 23.1 Å². The van der Waals surface area contributed by atoms with Crippen molar-refractivity contribution in [2.45, 2.75) is 6.54 Å². The first-order chi connectivity index (χ1) is 14.5. The van der Waals surface area contributed by atoms with Gasteiger partial charge in [0.15, 0.2) is 0 Å². The van der Waals surface area contributed by atoms with Crippen molar-refractivity contribution < 1.29 is 14.0 Å². The number of hydrogen-bond donors (Lipinski definition) is 0. The van der Waals surface area contributed by atoms with Crippen molar-refractivity contribution in [1.82, 2.24) is 4.90 Å². The number of amides is 2. The minimum Gasteiger partial charge on any atom is -0.457 e. The summed E-state index contributed by atoms with van der Waals surface area (Å²) in [6.07, 6.45) is 1.52. The van der Waals surface area contributed by atoms with Crippen molar-refractivity contribution in [1.29, 1.82) is 5.26 Å². The SMILES string of the molecule is N#Cc1ccccc1-c1ccc(/C=C2/SC(=O)N(Cc3ccc(Cl)cc3Cl)C2=O)o1. The fraction of sp³-hybridized carbons (Fsp3) is 0.0455. The van der Waals surface area contributed by atoms with Crippen LogP contribution < -0.4 is 0 Å². The molecule has 4 rings (SSSR count). The first-order valence-electron chi connectivity index (χ1n) is 8.75. The molecule has 0 bridgehead atoms. The molecule has 0 saturated carbocycles. The largest absolute Gasteiger partial charge is 0.457 e. The highest BCUT2D eigenvalue weighted by molar-refractivity contribution is 8.18. The zero-order valence-electron chi connectivity index (χ0n) is 15.3. The number of nitrogens with zero attached hydrogens (tertiary/aromatic N) is 2. The summed E-state index contributed by atoms with van der Waals surface area (Å²) in [4.78, 5) is 26.5. The topological polar surface area (TPSA) is 74.3 Å². The zero-order valence-corrected chi connectivity index (χ0v) is 17.6. The van der Waals surface area contributed by atoms with Gasteiger partial charge in [0, 0.05) is 21.7 Å². The van der Waals surface area contributed by atoms with Crippen molar-refractivity contribution in [3.8, 4) is 17.4 Å². The maximum atomic E-state index is 12.7. The van der Waals surface area contributed by atoms with Gasteiger partial charge in [-0.2, -0.15) is 5.26 Å². The van der Waals surface area contributed by atoms with Gasteiger partial charge in [-0.15, -0.1) is 0 Å². The third-order valence-electron chi connectivity index (χ3n) is 4.43. The van der Waals surface area contributed by atoms with Gasteiger partial charge in [-0.05, 0) is 53.7 Å². The molecule has 0 atom stereocenters. The second-order valence-corrected chi connectivity index (χ2v) is 8.20. The lowest BCUT2D eigenvalue weighted by Gasteiger charge is -2.13. The van der Waals surface area contributed by atoms with Crippen LogP contribution in [0.3, 0.4) is 0 Å². The molecule has 0 N–H and O–H groups in total. The summed E-state index contributed by atoms with van der Waals surface area (Å²) >= 11 is 12.9. The average molecular weight is 455 g/mol. The van der Waals surface area contributed by atoms with E-state index < -0.39 is 5.91 Å². The summed E-state index contributed by atoms with van der Waals surface area (Å²) in [5.41, 5.74) is 1.77. The Hall–Kier alpha value is -2.98. The lowest BCUT2D eigenvalue weighted by Crippen LogP contribution is -2.27. The molecule has 148 valence electrons. The molecule has 5 nitrogen and oxygen atoms in total. The van der Waals surface area contributed by atoms with E-state index in [9.17, 15) is 14.9 Å². The summed E-state index contributed by atoms with van der Waals surface area (Å²) in [5.74, 6) is 0.490. The Balaban J connectivity index is 1.57. The molecule has 8 heteroatoms. The van der Waals surface area contributed by atoms with Crippen LogP contribution in [0, 0.1) is 11.3 Å². The Bertz CT molecular complexity index is 1240. The highest BCUT2D eigenvalue weighted by Gasteiger charge is 2.35. The number of carbonyl (C=O) groups excluding carboxylic acids is 2. The Labute approximate surface area is 186 Å². The van der Waals surface area contributed by atoms with Crippen LogP contribution in [-0.2, 0) is 11.3 Å². The maximum absolute atomic E-state index is 12.7. The summed E-state index contributed by atoms with van der Waals surface area (Å²) in [6.45, 7) is 0.0525. The zero-order chi connectivity index (χ0) is 21.3. The molecule has 1 aliphatic heterocycles. The van der Waals surface area contributed by atoms with Crippen LogP contribution in [0.1, 0.15) is 16.9 Å². The van der Waals surface area contributed by atoms with Gasteiger partial charge in [-0.1, -0.05) is 41.4 Å². The highest BCUT2D eigenvalue weighted by atomic mass is 35.5. The Morgan fingerprint density at radius 2 is 1.90 bits per heavy atom. The Kier molecular flexibility index (Phi) is 5.69. The summed E-state index contributed by atoms with van der Waals surface area (Å²) in [5, 5.41) is 9.73. The van der Waals surface area contributed by atoms with Gasteiger partial charge >= 0.3 is 0 Å². The molecule has 2 heterocycles. The second kappa shape index (κ2) is 8.41. The second-order valence-electron chi connectivity index (χ2n) is 6.36. The number of carbonyl (C=O) groups is 2. The molecular formula is C22H12Cl2N2O3S. The summed E-state index contributed by atoms with van der Waals surface area (Å²) in [7, 11) is 0. The number of furan rings is 1. The standard InChI is InChI=1S/C22H12Cl2N2O3S/c23-15-6-5-14(18(24)9-15)12-26-21(27)20(30-22(26)28)10-16-7-8-19(29-16)17-4-2-1-3-13(17)11-25/h1-10H,12H2/b20-10+. The first-order valence-corrected chi connectivity index (χ1v) is 10.3. The van der Waals surface area contributed by atoms with Crippen molar-refractivity contribution in [2.24, 2.45) is 0 Å². The van der Waals surface area contributed by atoms with E-state index in [1.54, 1.807) is 48.5 Å². The van der Waals surface area contributed by atoms with Gasteiger partial charge in [0.2, 0.25) is 0 Å². The molecule has 2 amide bonds. The summed E-state index contributed by atoms with van der Waals surface area (Å²) in [6, 6.07) is 17.5. The molecule has 0 radical (unpaired) electrons. The lowest BCUT2D eigenvalue weighted by molar-refractivity contribution is -0.123. The van der Waals surface area contributed by atoms with Gasteiger partial charge < -0.3 is 4.42 Å². The van der Waals surface area contributed by atoms with Crippen molar-refractivity contribution in [2.75, 3.05) is 0 Å². The molecule has 0 spiro atoms. The van der Waals surface area contributed by atoms with E-state index in [1.807, 2.05) is 6.07 Å². The maximum Gasteiger partial charge on any atom is 0.293 e. The molecule has 1 aromatic heterocycles. The van der Waals surface area contributed by atoms with Crippen LogP contribution >= 0.6 is 35.0 Å². The number of imide groups is 1. The minimum absolute atomic E-state index is 0.0525. The molecule has 3 aromatic rings. The predicted octanol–water partition coefficient (Wildman–Crippen LogP) is 6.36. The molecule has 30 heavy (non-hydrogen) atoms. The Morgan fingerprint density at radius 1 is 1.10 bits per heavy atom. The number of rotatable bonds is 4. The number of nitriles is 1. The number of halogens is 2. The van der Waals surface area contributed by atoms with Crippen LogP contribution in [0.5, 0.6) is 0 Å². The fourth-order valence-electron chi connectivity index (χ4n) is 2.96. The van der Waals surface area contributed by atoms with E-state index in [1.165, 1.54) is 6.08 Å².